The van der Waals surface area contributed by atoms with E-state index < -0.39 is 32.9 Å². The maximum atomic E-state index is 14.2. The fraction of sp³-hybridized carbons (Fsp3) is 0.400. The van der Waals surface area contributed by atoms with Gasteiger partial charge in [-0.1, -0.05) is 97.2 Å². The molecule has 2 aromatic rings. The molecule has 0 saturated heterocycles. The van der Waals surface area contributed by atoms with Crippen molar-refractivity contribution in [1.29, 1.82) is 0 Å². The molecule has 2 N–H and O–H groups in total. The average Bonchev–Trinajstić information content (AvgIpc) is 3.00. The minimum atomic E-state index is -4.64. The highest BCUT2D eigenvalue weighted by Gasteiger charge is 2.41. The van der Waals surface area contributed by atoms with E-state index in [1.807, 2.05) is 64.1 Å². The summed E-state index contributed by atoms with van der Waals surface area (Å²) in [6.07, 6.45) is 10.8. The predicted molar refractivity (Wildman–Crippen MR) is 193 cm³/mol. The van der Waals surface area contributed by atoms with Gasteiger partial charge in [0.15, 0.2) is 0 Å². The molecule has 0 aliphatic rings. The molecule has 0 aliphatic heterocycles. The summed E-state index contributed by atoms with van der Waals surface area (Å²) in [7, 11) is 1.50. The Hall–Kier alpha value is -2.47. The van der Waals surface area contributed by atoms with E-state index >= 15 is 0 Å². The van der Waals surface area contributed by atoms with Crippen molar-refractivity contribution in [2.75, 3.05) is 12.9 Å². The van der Waals surface area contributed by atoms with Gasteiger partial charge in [-0.3, -0.25) is 4.99 Å². The zero-order valence-corrected chi connectivity index (χ0v) is 30.5. The van der Waals surface area contributed by atoms with Gasteiger partial charge in [-0.25, -0.2) is 4.39 Å². The Morgan fingerprint density at radius 1 is 1.02 bits per heavy atom. The summed E-state index contributed by atoms with van der Waals surface area (Å²) in [5, 5.41) is 0. The maximum absolute atomic E-state index is 14.2. The van der Waals surface area contributed by atoms with Crippen LogP contribution in [-0.2, 0) is 17.3 Å². The van der Waals surface area contributed by atoms with Crippen LogP contribution in [0.25, 0.3) is 0 Å². The van der Waals surface area contributed by atoms with Crippen LogP contribution >= 0.6 is 46.4 Å². The van der Waals surface area contributed by atoms with Gasteiger partial charge in [0.1, 0.15) is 11.4 Å². The van der Waals surface area contributed by atoms with Crippen molar-refractivity contribution in [3.05, 3.63) is 108 Å². The molecule has 1 atom stereocenters. The summed E-state index contributed by atoms with van der Waals surface area (Å²) in [5.74, 6) is -1.08. The second kappa shape index (κ2) is 25.6. The van der Waals surface area contributed by atoms with Crippen LogP contribution in [-0.4, -0.2) is 28.0 Å². The maximum Gasteiger partial charge on any atom is 0.416 e. The number of nitrogens with two attached hydrogens (primary N) is 1. The lowest BCUT2D eigenvalue weighted by atomic mass is 9.86. The Morgan fingerprint density at radius 3 is 1.98 bits per heavy atom. The number of hydrogen-bond acceptors (Lipinski definition) is 3. The van der Waals surface area contributed by atoms with Gasteiger partial charge in [0.05, 0.1) is 11.8 Å². The third kappa shape index (κ3) is 19.9. The van der Waals surface area contributed by atoms with Crippen molar-refractivity contribution in [2.24, 2.45) is 10.7 Å². The quantitative estimate of drug-likeness (QED) is 0.0871. The molecule has 258 valence electrons. The molecule has 2 aromatic carbocycles. The summed E-state index contributed by atoms with van der Waals surface area (Å²) in [6, 6.07) is 12.0. The molecule has 0 spiro atoms. The first kappa shape index (κ1) is 47.9. The van der Waals surface area contributed by atoms with Gasteiger partial charge in [-0.05, 0) is 83.0 Å². The van der Waals surface area contributed by atoms with Crippen molar-refractivity contribution in [1.82, 2.24) is 0 Å². The minimum absolute atomic E-state index is 0.225. The van der Waals surface area contributed by atoms with Crippen molar-refractivity contribution in [2.45, 2.75) is 75.9 Å². The monoisotopic (exact) mass is 726 g/mol. The molecule has 11 heteroatoms. The molecule has 0 radical (unpaired) electrons. The van der Waals surface area contributed by atoms with Crippen LogP contribution in [0.1, 0.15) is 70.6 Å². The molecule has 0 aromatic heterocycles. The summed E-state index contributed by atoms with van der Waals surface area (Å²) in [6.45, 7) is 14.4. The van der Waals surface area contributed by atoms with Crippen molar-refractivity contribution >= 4 is 52.1 Å². The smallest absolute Gasteiger partial charge is 0.416 e. The largest absolute Gasteiger partial charge is 0.492 e. The van der Waals surface area contributed by atoms with Gasteiger partial charge in [0.25, 0.3) is 0 Å². The molecule has 0 amide bonds. The summed E-state index contributed by atoms with van der Waals surface area (Å²) >= 11 is 22.4. The van der Waals surface area contributed by atoms with Gasteiger partial charge in [-0.15, -0.1) is 24.4 Å². The van der Waals surface area contributed by atoms with Crippen LogP contribution in [0, 0.1) is 18.7 Å². The SMILES string of the molecule is C#C.C=COC(C)(C)C(Cl)(Cl)Cl.CC.CC(C)=CN=C(/C=C\CCCl)C(Cc1ccccc1)c1cc(F)cc(C(F)(F)F)c1.CN. The molecular weight excluding hydrogens is 682 g/mol. The normalized spacial score (nSPS) is 11.9. The molecule has 0 heterocycles. The van der Waals surface area contributed by atoms with Gasteiger partial charge in [0, 0.05) is 23.7 Å². The number of ether oxygens (including phenoxy) is 1. The number of aliphatic imine (C=N–C) groups is 1. The number of nitrogens with zero attached hydrogens (tertiary/aromatic N) is 1. The zero-order valence-electron chi connectivity index (χ0n) is 27.4. The van der Waals surface area contributed by atoms with E-state index in [0.717, 1.165) is 23.3 Å². The number of alkyl halides is 7. The second-order valence-corrected chi connectivity index (χ2v) is 12.1. The lowest BCUT2D eigenvalue weighted by molar-refractivity contribution is -0.137. The Balaban J connectivity index is -0.000000970. The van der Waals surface area contributed by atoms with E-state index in [4.69, 9.17) is 51.1 Å². The molecular formula is C35H46Cl4F4N2O. The fourth-order valence-corrected chi connectivity index (χ4v) is 3.47. The Labute approximate surface area is 293 Å². The molecule has 46 heavy (non-hydrogen) atoms. The molecule has 1 unspecified atom stereocenters. The van der Waals surface area contributed by atoms with E-state index in [1.54, 1.807) is 26.1 Å². The van der Waals surface area contributed by atoms with Crippen LogP contribution in [0.15, 0.2) is 90.3 Å². The topological polar surface area (TPSA) is 47.6 Å². The van der Waals surface area contributed by atoms with Gasteiger partial charge in [-0.2, -0.15) is 13.2 Å². The third-order valence-electron chi connectivity index (χ3n) is 5.39. The van der Waals surface area contributed by atoms with Crippen LogP contribution in [0.3, 0.4) is 0 Å². The van der Waals surface area contributed by atoms with Crippen molar-refractivity contribution in [3.8, 4) is 12.8 Å². The second-order valence-electron chi connectivity index (χ2n) is 9.45. The molecule has 0 saturated carbocycles. The van der Waals surface area contributed by atoms with Crippen LogP contribution < -0.4 is 5.73 Å². The zero-order chi connectivity index (χ0) is 36.6. The van der Waals surface area contributed by atoms with Gasteiger partial charge in [0.2, 0.25) is 3.79 Å². The Bertz CT molecular complexity index is 1220. The number of halogens is 8. The minimum Gasteiger partial charge on any atom is -0.492 e. The van der Waals surface area contributed by atoms with E-state index in [-0.39, 0.29) is 5.56 Å². The van der Waals surface area contributed by atoms with E-state index in [1.165, 1.54) is 13.3 Å². The lowest BCUT2D eigenvalue weighted by Crippen LogP contribution is -2.37. The Morgan fingerprint density at radius 2 is 1.57 bits per heavy atom. The lowest BCUT2D eigenvalue weighted by Gasteiger charge is -2.31. The highest BCUT2D eigenvalue weighted by molar-refractivity contribution is 6.68. The van der Waals surface area contributed by atoms with Crippen molar-refractivity contribution in [3.63, 3.8) is 0 Å². The number of hydrogen-bond donors (Lipinski definition) is 1. The Kier molecular flexibility index (Phi) is 26.7. The van der Waals surface area contributed by atoms with E-state index in [2.05, 4.69) is 30.2 Å². The molecule has 2 rings (SSSR count). The predicted octanol–water partition coefficient (Wildman–Crippen LogP) is 11.9. The van der Waals surface area contributed by atoms with Crippen LogP contribution in [0.2, 0.25) is 0 Å². The van der Waals surface area contributed by atoms with Crippen LogP contribution in [0.5, 0.6) is 0 Å². The molecule has 0 fully saturated rings. The van der Waals surface area contributed by atoms with Gasteiger partial charge >= 0.3 is 6.18 Å². The third-order valence-corrected chi connectivity index (χ3v) is 6.97. The van der Waals surface area contributed by atoms with Crippen molar-refractivity contribution < 1.29 is 22.3 Å². The summed E-state index contributed by atoms with van der Waals surface area (Å²) < 4.78 is 57.6. The van der Waals surface area contributed by atoms with Gasteiger partial charge < -0.3 is 10.5 Å². The highest BCUT2D eigenvalue weighted by Crippen LogP contribution is 2.40. The fourth-order valence-electron chi connectivity index (χ4n) is 3.22. The first-order valence-corrected chi connectivity index (χ1v) is 15.8. The first-order chi connectivity index (χ1) is 21.5. The van der Waals surface area contributed by atoms with Crippen LogP contribution in [0.4, 0.5) is 17.6 Å². The highest BCUT2D eigenvalue weighted by atomic mass is 35.6. The summed E-state index contributed by atoms with van der Waals surface area (Å²) in [5.41, 5.74) is 5.27. The molecule has 3 nitrogen and oxygen atoms in total. The number of terminal acetylenes is 1. The summed E-state index contributed by atoms with van der Waals surface area (Å²) in [4.78, 5) is 4.51. The van der Waals surface area contributed by atoms with E-state index in [0.29, 0.717) is 30.5 Å². The number of benzene rings is 2. The molecule has 0 aliphatic carbocycles. The van der Waals surface area contributed by atoms with E-state index in [9.17, 15) is 17.6 Å². The standard InChI is InChI=1S/C24H24ClF4N.C6H9Cl3O.C2H6.C2H2.CH5N/c1-17(2)16-30-23(10-6-7-11-25)22(12-18-8-4-3-5-9-18)19-13-20(24(27,28)29)15-21(26)14-19;1-4-10-5(2,3)6(7,8)9;3*1-2/h3-6,8-10,13-16,22H,7,11-12H2,1-2H3;4H,1H2,2-3H3;1-2H3;1-2H;2H2,1H3/b10-6-,30-23?;;;;. The molecule has 0 bridgehead atoms. The average molecular weight is 729 g/mol. The number of rotatable bonds is 10. The number of allylic oxidation sites excluding steroid dienone is 3. The first-order valence-electron chi connectivity index (χ1n) is 14.1.